The Labute approximate surface area is 137 Å². The Bertz CT molecular complexity index is 673. The minimum atomic E-state index is -0.932. The van der Waals surface area contributed by atoms with E-state index in [-0.39, 0.29) is 0 Å². The van der Waals surface area contributed by atoms with Crippen molar-refractivity contribution < 1.29 is 13.9 Å². The average Bonchev–Trinajstić information content (AvgIpc) is 2.97. The predicted octanol–water partition coefficient (Wildman–Crippen LogP) is 1.98. The molecule has 1 aromatic heterocycles. The van der Waals surface area contributed by atoms with E-state index in [1.807, 2.05) is 6.92 Å². The third-order valence-corrected chi connectivity index (χ3v) is 4.79. The van der Waals surface area contributed by atoms with E-state index < -0.39 is 17.7 Å². The highest BCUT2D eigenvalue weighted by molar-refractivity contribution is 7.09. The molecule has 0 saturated carbocycles. The smallest absolute Gasteiger partial charge is 0.205 e. The van der Waals surface area contributed by atoms with Crippen molar-refractivity contribution in [2.24, 2.45) is 0 Å². The zero-order chi connectivity index (χ0) is 16.4. The van der Waals surface area contributed by atoms with Crippen molar-refractivity contribution in [1.29, 1.82) is 0 Å². The summed E-state index contributed by atoms with van der Waals surface area (Å²) in [6, 6.07) is 3.52. The summed E-state index contributed by atoms with van der Waals surface area (Å²) in [4.78, 5) is 8.65. The van der Waals surface area contributed by atoms with Crippen LogP contribution in [-0.4, -0.2) is 52.1 Å². The number of nitrogens with zero attached hydrogens (tertiary/aromatic N) is 4. The van der Waals surface area contributed by atoms with E-state index in [4.69, 9.17) is 0 Å². The molecule has 0 radical (unpaired) electrons. The van der Waals surface area contributed by atoms with Gasteiger partial charge in [0.2, 0.25) is 5.13 Å². The van der Waals surface area contributed by atoms with Crippen LogP contribution in [0.4, 0.5) is 13.9 Å². The second kappa shape index (κ2) is 6.86. The van der Waals surface area contributed by atoms with Gasteiger partial charge in [-0.1, -0.05) is 6.07 Å². The number of halogens is 2. The van der Waals surface area contributed by atoms with Crippen molar-refractivity contribution in [3.8, 4) is 0 Å². The summed E-state index contributed by atoms with van der Waals surface area (Å²) in [6.45, 7) is 5.43. The third kappa shape index (κ3) is 3.82. The molecule has 1 aliphatic heterocycles. The van der Waals surface area contributed by atoms with E-state index in [1.165, 1.54) is 17.6 Å². The molecule has 0 amide bonds. The normalized spacial score (nSPS) is 17.5. The van der Waals surface area contributed by atoms with E-state index in [0.717, 1.165) is 49.3 Å². The van der Waals surface area contributed by atoms with Crippen LogP contribution in [0, 0.1) is 18.6 Å². The maximum absolute atomic E-state index is 13.2. The van der Waals surface area contributed by atoms with Gasteiger partial charge in [0.1, 0.15) is 5.82 Å². The molecule has 5 nitrogen and oxygen atoms in total. The van der Waals surface area contributed by atoms with E-state index in [1.54, 1.807) is 0 Å². The third-order valence-electron chi connectivity index (χ3n) is 3.92. The molecule has 1 atom stereocenters. The molecule has 2 heterocycles. The fourth-order valence-corrected chi connectivity index (χ4v) is 3.33. The average molecular weight is 340 g/mol. The first-order valence-corrected chi connectivity index (χ1v) is 8.21. The van der Waals surface area contributed by atoms with Gasteiger partial charge < -0.3 is 10.0 Å². The highest BCUT2D eigenvalue weighted by Crippen LogP contribution is 2.21. The van der Waals surface area contributed by atoms with Gasteiger partial charge in [0.05, 0.1) is 6.10 Å². The Morgan fingerprint density at radius 2 is 1.96 bits per heavy atom. The monoisotopic (exact) mass is 340 g/mol. The number of anilines is 1. The van der Waals surface area contributed by atoms with Crippen molar-refractivity contribution in [1.82, 2.24) is 14.3 Å². The number of β-amino-alcohol motifs (C(OH)–C–C–N with tert-alkyl or cyclic N) is 1. The zero-order valence-electron chi connectivity index (χ0n) is 12.7. The molecular weight excluding hydrogens is 322 g/mol. The first-order chi connectivity index (χ1) is 11.0. The van der Waals surface area contributed by atoms with Gasteiger partial charge in [0.25, 0.3) is 0 Å². The first kappa shape index (κ1) is 16.2. The summed E-state index contributed by atoms with van der Waals surface area (Å²) in [5, 5.41) is 11.1. The number of aliphatic hydroxyl groups excluding tert-OH is 1. The minimum absolute atomic E-state index is 0.395. The molecule has 1 unspecified atom stereocenters. The minimum Gasteiger partial charge on any atom is -0.387 e. The van der Waals surface area contributed by atoms with Crippen molar-refractivity contribution in [3.05, 3.63) is 41.2 Å². The Kier molecular flexibility index (Phi) is 4.84. The number of aromatic nitrogens is 2. The number of piperazine rings is 1. The highest BCUT2D eigenvalue weighted by atomic mass is 32.1. The van der Waals surface area contributed by atoms with Gasteiger partial charge in [-0.15, -0.1) is 0 Å². The number of hydrogen-bond acceptors (Lipinski definition) is 6. The number of benzene rings is 1. The van der Waals surface area contributed by atoms with Gasteiger partial charge in [-0.25, -0.2) is 13.8 Å². The van der Waals surface area contributed by atoms with Gasteiger partial charge in [-0.2, -0.15) is 4.37 Å². The van der Waals surface area contributed by atoms with Crippen LogP contribution in [0.15, 0.2) is 18.2 Å². The SMILES string of the molecule is Cc1nsc(N2CCN(CC(O)c3ccc(F)c(F)c3)CC2)n1. The van der Waals surface area contributed by atoms with Crippen LogP contribution in [0.5, 0.6) is 0 Å². The molecule has 1 fully saturated rings. The Morgan fingerprint density at radius 1 is 1.22 bits per heavy atom. The molecule has 124 valence electrons. The van der Waals surface area contributed by atoms with Gasteiger partial charge in [-0.05, 0) is 24.6 Å². The number of rotatable bonds is 4. The molecule has 0 spiro atoms. The van der Waals surface area contributed by atoms with E-state index in [9.17, 15) is 13.9 Å². The van der Waals surface area contributed by atoms with Gasteiger partial charge in [0, 0.05) is 44.3 Å². The number of aliphatic hydroxyl groups is 1. The number of hydrogen-bond donors (Lipinski definition) is 1. The highest BCUT2D eigenvalue weighted by Gasteiger charge is 2.22. The summed E-state index contributed by atoms with van der Waals surface area (Å²) in [5.74, 6) is -1.05. The molecule has 23 heavy (non-hydrogen) atoms. The molecule has 1 aromatic carbocycles. The maximum atomic E-state index is 13.2. The van der Waals surface area contributed by atoms with E-state index in [0.29, 0.717) is 12.1 Å². The lowest BCUT2D eigenvalue weighted by molar-refractivity contribution is 0.109. The Balaban J connectivity index is 1.54. The summed E-state index contributed by atoms with van der Waals surface area (Å²) < 4.78 is 30.4. The lowest BCUT2D eigenvalue weighted by atomic mass is 10.1. The van der Waals surface area contributed by atoms with Crippen molar-refractivity contribution in [2.75, 3.05) is 37.6 Å². The molecule has 2 aromatic rings. The Morgan fingerprint density at radius 3 is 2.57 bits per heavy atom. The molecule has 1 saturated heterocycles. The maximum Gasteiger partial charge on any atom is 0.205 e. The van der Waals surface area contributed by atoms with E-state index in [2.05, 4.69) is 19.2 Å². The predicted molar refractivity (Wildman–Crippen MR) is 84.6 cm³/mol. The number of aryl methyl sites for hydroxylation is 1. The topological polar surface area (TPSA) is 52.5 Å². The standard InChI is InChI=1S/C15H18F2N4OS/c1-10-18-15(23-19-10)21-6-4-20(5-7-21)9-14(22)11-2-3-12(16)13(17)8-11/h2-3,8,14,22H,4-7,9H2,1H3. The van der Waals surface area contributed by atoms with Crippen molar-refractivity contribution >= 4 is 16.7 Å². The van der Waals surface area contributed by atoms with Crippen LogP contribution in [0.3, 0.4) is 0 Å². The van der Waals surface area contributed by atoms with Crippen LogP contribution < -0.4 is 4.90 Å². The van der Waals surface area contributed by atoms with Crippen LogP contribution in [-0.2, 0) is 0 Å². The molecule has 1 aliphatic rings. The summed E-state index contributed by atoms with van der Waals surface area (Å²) in [5.41, 5.74) is 0.395. The zero-order valence-corrected chi connectivity index (χ0v) is 13.6. The second-order valence-electron chi connectivity index (χ2n) is 5.60. The fourth-order valence-electron chi connectivity index (χ4n) is 2.61. The van der Waals surface area contributed by atoms with Crippen LogP contribution in [0.1, 0.15) is 17.5 Å². The molecule has 1 N–H and O–H groups in total. The lowest BCUT2D eigenvalue weighted by Crippen LogP contribution is -2.47. The molecule has 8 heteroatoms. The van der Waals surface area contributed by atoms with Gasteiger partial charge >= 0.3 is 0 Å². The molecule has 3 rings (SSSR count). The summed E-state index contributed by atoms with van der Waals surface area (Å²) in [7, 11) is 0. The van der Waals surface area contributed by atoms with Crippen LogP contribution in [0.2, 0.25) is 0 Å². The van der Waals surface area contributed by atoms with Crippen LogP contribution in [0.25, 0.3) is 0 Å². The Hall–Kier alpha value is -1.64. The van der Waals surface area contributed by atoms with Crippen molar-refractivity contribution in [3.63, 3.8) is 0 Å². The van der Waals surface area contributed by atoms with E-state index >= 15 is 0 Å². The fraction of sp³-hybridized carbons (Fsp3) is 0.467. The second-order valence-corrected chi connectivity index (χ2v) is 6.33. The summed E-state index contributed by atoms with van der Waals surface area (Å²) in [6.07, 6.45) is -0.833. The largest absolute Gasteiger partial charge is 0.387 e. The molecule has 0 bridgehead atoms. The van der Waals surface area contributed by atoms with Gasteiger partial charge in [-0.3, -0.25) is 4.90 Å². The quantitative estimate of drug-likeness (QED) is 0.922. The summed E-state index contributed by atoms with van der Waals surface area (Å²) >= 11 is 1.39. The van der Waals surface area contributed by atoms with Crippen LogP contribution >= 0.6 is 11.5 Å². The first-order valence-electron chi connectivity index (χ1n) is 7.43. The van der Waals surface area contributed by atoms with Crippen molar-refractivity contribution in [2.45, 2.75) is 13.0 Å². The molecular formula is C15H18F2N4OS. The van der Waals surface area contributed by atoms with Gasteiger partial charge in [0.15, 0.2) is 11.6 Å². The lowest BCUT2D eigenvalue weighted by Gasteiger charge is -2.35. The molecule has 0 aliphatic carbocycles.